The predicted molar refractivity (Wildman–Crippen MR) is 109 cm³/mol. The summed E-state index contributed by atoms with van der Waals surface area (Å²) in [6.07, 6.45) is 0.545. The van der Waals surface area contributed by atoms with Gasteiger partial charge in [0.15, 0.2) is 10.8 Å². The second-order valence-corrected chi connectivity index (χ2v) is 7.38. The Balaban J connectivity index is 1.54. The van der Waals surface area contributed by atoms with Crippen molar-refractivity contribution < 1.29 is 13.9 Å². The number of aromatic amines is 1. The zero-order valence-electron chi connectivity index (χ0n) is 16.2. The van der Waals surface area contributed by atoms with Gasteiger partial charge in [0.1, 0.15) is 0 Å². The van der Waals surface area contributed by atoms with Crippen LogP contribution in [0.15, 0.2) is 50.8 Å². The van der Waals surface area contributed by atoms with E-state index >= 15 is 0 Å². The summed E-state index contributed by atoms with van der Waals surface area (Å²) < 4.78 is 10.4. The summed E-state index contributed by atoms with van der Waals surface area (Å²) in [4.78, 5) is 35.9. The highest BCUT2D eigenvalue weighted by molar-refractivity contribution is 7.98. The first-order valence-electron chi connectivity index (χ1n) is 9.01. The molecule has 30 heavy (non-hydrogen) atoms. The van der Waals surface area contributed by atoms with Crippen molar-refractivity contribution >= 4 is 28.8 Å². The van der Waals surface area contributed by atoms with Crippen LogP contribution in [0.2, 0.25) is 0 Å². The fraction of sp³-hybridized carbons (Fsp3) is 0.200. The summed E-state index contributed by atoms with van der Waals surface area (Å²) in [5.74, 6) is 0.638. The minimum Gasteiger partial charge on any atom is -0.465 e. The van der Waals surface area contributed by atoms with Crippen molar-refractivity contribution in [2.24, 2.45) is 0 Å². The van der Waals surface area contributed by atoms with Crippen molar-refractivity contribution in [3.05, 3.63) is 75.4 Å². The Hall–Kier alpha value is -3.53. The molecule has 0 unspecified atom stereocenters. The number of thioether (sulfide) groups is 1. The zero-order chi connectivity index (χ0) is 21.1. The van der Waals surface area contributed by atoms with Gasteiger partial charge in [-0.25, -0.2) is 14.8 Å². The van der Waals surface area contributed by atoms with E-state index < -0.39 is 11.5 Å². The number of hydrogen-bond acceptors (Lipinski definition) is 9. The Morgan fingerprint density at radius 3 is 2.70 bits per heavy atom. The number of nitrogens with one attached hydrogen (secondary N) is 1. The van der Waals surface area contributed by atoms with Crippen LogP contribution in [-0.2, 0) is 16.9 Å². The molecule has 3 aromatic heterocycles. The number of hydrogen-bond donors (Lipinski definition) is 1. The molecule has 0 radical (unpaired) electrons. The van der Waals surface area contributed by atoms with E-state index in [1.165, 1.54) is 24.9 Å². The zero-order valence-corrected chi connectivity index (χ0v) is 17.0. The number of aryl methyl sites for hydroxylation is 1. The Bertz CT molecular complexity index is 1270. The number of nitrogens with zero attached hydrogens (tertiary/aromatic N) is 4. The van der Waals surface area contributed by atoms with Gasteiger partial charge < -0.3 is 14.1 Å². The van der Waals surface area contributed by atoms with Crippen molar-refractivity contribution in [2.45, 2.75) is 24.3 Å². The standard InChI is InChI=1S/C20H17N5O4S/c1-11-8-13(19(27)28-2)16-17(21-11)22-20(23-18(16)26)30-10-15-25-24-14(29-15)9-12-6-4-3-5-7-12/h3-8H,9-10H2,1-2H3,(H,21,22,23,26). The lowest BCUT2D eigenvalue weighted by molar-refractivity contribution is 0.0602. The van der Waals surface area contributed by atoms with Crippen LogP contribution in [0, 0.1) is 6.92 Å². The monoisotopic (exact) mass is 423 g/mol. The third kappa shape index (κ3) is 4.23. The summed E-state index contributed by atoms with van der Waals surface area (Å²) in [7, 11) is 1.26. The van der Waals surface area contributed by atoms with Crippen LogP contribution in [0.4, 0.5) is 0 Å². The SMILES string of the molecule is COC(=O)c1cc(C)nc2nc(SCc3nnc(Cc4ccccc4)o3)[nH]c(=O)c12. The van der Waals surface area contributed by atoms with Gasteiger partial charge in [0.2, 0.25) is 11.8 Å². The molecular formula is C20H17N5O4S. The van der Waals surface area contributed by atoms with E-state index in [-0.39, 0.29) is 16.6 Å². The van der Waals surface area contributed by atoms with Crippen molar-refractivity contribution in [1.29, 1.82) is 0 Å². The molecular weight excluding hydrogens is 406 g/mol. The van der Waals surface area contributed by atoms with Gasteiger partial charge >= 0.3 is 5.97 Å². The van der Waals surface area contributed by atoms with Gasteiger partial charge in [0.05, 0.1) is 30.2 Å². The Kier molecular flexibility index (Phi) is 5.57. The number of ether oxygens (including phenoxy) is 1. The van der Waals surface area contributed by atoms with Crippen molar-refractivity contribution in [3.63, 3.8) is 0 Å². The average Bonchev–Trinajstić information content (AvgIpc) is 3.18. The summed E-state index contributed by atoms with van der Waals surface area (Å²) in [6.45, 7) is 1.72. The molecule has 0 spiro atoms. The minimum atomic E-state index is -0.616. The van der Waals surface area contributed by atoms with E-state index in [9.17, 15) is 9.59 Å². The van der Waals surface area contributed by atoms with Gasteiger partial charge in [-0.2, -0.15) is 0 Å². The highest BCUT2D eigenvalue weighted by Crippen LogP contribution is 2.21. The van der Waals surface area contributed by atoms with E-state index in [4.69, 9.17) is 9.15 Å². The molecule has 0 bridgehead atoms. The molecule has 0 atom stereocenters. The average molecular weight is 423 g/mol. The van der Waals surface area contributed by atoms with E-state index in [0.717, 1.165) is 5.56 Å². The fourth-order valence-corrected chi connectivity index (χ4v) is 3.60. The molecule has 1 aromatic carbocycles. The molecule has 0 amide bonds. The summed E-state index contributed by atoms with van der Waals surface area (Å²) in [5.41, 5.74) is 1.47. The Morgan fingerprint density at radius 2 is 1.93 bits per heavy atom. The second-order valence-electron chi connectivity index (χ2n) is 6.41. The molecule has 9 nitrogen and oxygen atoms in total. The number of rotatable bonds is 6. The Labute approximate surface area is 174 Å². The molecule has 0 aliphatic heterocycles. The number of esters is 1. The fourth-order valence-electron chi connectivity index (χ4n) is 2.90. The molecule has 1 N–H and O–H groups in total. The number of benzene rings is 1. The van der Waals surface area contributed by atoms with Crippen LogP contribution in [0.3, 0.4) is 0 Å². The Morgan fingerprint density at radius 1 is 1.17 bits per heavy atom. The molecule has 0 saturated carbocycles. The minimum absolute atomic E-state index is 0.0970. The van der Waals surface area contributed by atoms with E-state index in [1.54, 1.807) is 6.92 Å². The smallest absolute Gasteiger partial charge is 0.338 e. The number of H-pyrrole nitrogens is 1. The molecule has 4 rings (SSSR count). The van der Waals surface area contributed by atoms with Gasteiger partial charge in [0, 0.05) is 5.69 Å². The van der Waals surface area contributed by atoms with E-state index in [1.807, 2.05) is 30.3 Å². The molecule has 0 aliphatic rings. The van der Waals surface area contributed by atoms with Gasteiger partial charge in [-0.05, 0) is 18.6 Å². The summed E-state index contributed by atoms with van der Waals surface area (Å²) in [5, 5.41) is 8.53. The lowest BCUT2D eigenvalue weighted by atomic mass is 10.1. The number of carbonyl (C=O) groups excluding carboxylic acids is 1. The summed E-state index contributed by atoms with van der Waals surface area (Å²) >= 11 is 1.23. The number of fused-ring (bicyclic) bond motifs is 1. The van der Waals surface area contributed by atoms with Crippen LogP contribution in [0.5, 0.6) is 0 Å². The lowest BCUT2D eigenvalue weighted by Crippen LogP contribution is -2.16. The molecule has 0 fully saturated rings. The number of methoxy groups -OCH3 is 1. The first-order valence-corrected chi connectivity index (χ1v) is 10.00. The molecule has 4 aromatic rings. The van der Waals surface area contributed by atoms with Gasteiger partial charge in [0.25, 0.3) is 5.56 Å². The van der Waals surface area contributed by atoms with Gasteiger partial charge in [-0.1, -0.05) is 42.1 Å². The maximum Gasteiger partial charge on any atom is 0.338 e. The van der Waals surface area contributed by atoms with Crippen molar-refractivity contribution in [3.8, 4) is 0 Å². The number of carbonyl (C=O) groups is 1. The highest BCUT2D eigenvalue weighted by Gasteiger charge is 2.18. The topological polar surface area (TPSA) is 124 Å². The molecule has 152 valence electrons. The molecule has 0 saturated heterocycles. The number of pyridine rings is 1. The predicted octanol–water partition coefficient (Wildman–Crippen LogP) is 2.68. The van der Waals surface area contributed by atoms with Gasteiger partial charge in [-0.15, -0.1) is 10.2 Å². The molecule has 10 heteroatoms. The quantitative estimate of drug-likeness (QED) is 0.283. The van der Waals surface area contributed by atoms with Crippen LogP contribution in [0.1, 0.15) is 33.4 Å². The third-order valence-electron chi connectivity index (χ3n) is 4.23. The van der Waals surface area contributed by atoms with Crippen LogP contribution in [0.25, 0.3) is 11.0 Å². The maximum absolute atomic E-state index is 12.6. The normalized spacial score (nSPS) is 11.0. The first-order chi connectivity index (χ1) is 14.5. The number of aromatic nitrogens is 5. The third-order valence-corrected chi connectivity index (χ3v) is 5.09. The lowest BCUT2D eigenvalue weighted by Gasteiger charge is -2.06. The maximum atomic E-state index is 12.6. The largest absolute Gasteiger partial charge is 0.465 e. The van der Waals surface area contributed by atoms with E-state index in [2.05, 4.69) is 25.1 Å². The molecule has 0 aliphatic carbocycles. The van der Waals surface area contributed by atoms with Crippen LogP contribution < -0.4 is 5.56 Å². The van der Waals surface area contributed by atoms with Crippen molar-refractivity contribution in [1.82, 2.24) is 25.1 Å². The molecule has 3 heterocycles. The van der Waals surface area contributed by atoms with E-state index in [0.29, 0.717) is 34.8 Å². The van der Waals surface area contributed by atoms with Gasteiger partial charge in [-0.3, -0.25) is 4.79 Å². The van der Waals surface area contributed by atoms with Crippen LogP contribution in [-0.4, -0.2) is 38.2 Å². The highest BCUT2D eigenvalue weighted by atomic mass is 32.2. The second kappa shape index (κ2) is 8.46. The van der Waals surface area contributed by atoms with Crippen molar-refractivity contribution in [2.75, 3.05) is 7.11 Å². The van der Waals surface area contributed by atoms with Crippen LogP contribution >= 0.6 is 11.8 Å². The summed E-state index contributed by atoms with van der Waals surface area (Å²) in [6, 6.07) is 11.3. The first kappa shape index (κ1) is 19.8.